The standard InChI is InChI=1S/C16H22O5/c1-18-13-9-12(10-14(11-13)19-2)15(17)3-5-16(6-4-15)20-7-8-21-16/h9-11,17H,3-8H2,1-2H3. The molecule has 5 heteroatoms. The highest BCUT2D eigenvalue weighted by Gasteiger charge is 2.46. The lowest BCUT2D eigenvalue weighted by Gasteiger charge is -2.40. The fourth-order valence-corrected chi connectivity index (χ4v) is 3.19. The van der Waals surface area contributed by atoms with E-state index in [0.29, 0.717) is 50.4 Å². The number of ether oxygens (including phenoxy) is 4. The van der Waals surface area contributed by atoms with E-state index in [0.717, 1.165) is 5.56 Å². The zero-order valence-electron chi connectivity index (χ0n) is 12.6. The first kappa shape index (κ1) is 14.6. The van der Waals surface area contributed by atoms with Crippen molar-refractivity contribution in [2.75, 3.05) is 27.4 Å². The van der Waals surface area contributed by atoms with Crippen LogP contribution in [0.3, 0.4) is 0 Å². The van der Waals surface area contributed by atoms with Gasteiger partial charge in [0, 0.05) is 18.9 Å². The van der Waals surface area contributed by atoms with Gasteiger partial charge < -0.3 is 24.1 Å². The first-order valence-corrected chi connectivity index (χ1v) is 7.33. The highest BCUT2D eigenvalue weighted by atomic mass is 16.7. The molecule has 1 N–H and O–H groups in total. The van der Waals surface area contributed by atoms with Crippen molar-refractivity contribution in [1.82, 2.24) is 0 Å². The van der Waals surface area contributed by atoms with E-state index in [2.05, 4.69) is 0 Å². The molecule has 21 heavy (non-hydrogen) atoms. The van der Waals surface area contributed by atoms with E-state index in [1.54, 1.807) is 20.3 Å². The SMILES string of the molecule is COc1cc(OC)cc(C2(O)CCC3(CC2)OCCO3)c1. The monoisotopic (exact) mass is 294 g/mol. The van der Waals surface area contributed by atoms with Gasteiger partial charge >= 0.3 is 0 Å². The molecular formula is C16H22O5. The van der Waals surface area contributed by atoms with Crippen LogP contribution in [0.25, 0.3) is 0 Å². The third-order valence-electron chi connectivity index (χ3n) is 4.54. The number of methoxy groups -OCH3 is 2. The Morgan fingerprint density at radius 2 is 1.43 bits per heavy atom. The van der Waals surface area contributed by atoms with E-state index in [4.69, 9.17) is 18.9 Å². The molecule has 0 bridgehead atoms. The molecule has 116 valence electrons. The van der Waals surface area contributed by atoms with Gasteiger partial charge in [-0.2, -0.15) is 0 Å². The lowest BCUT2D eigenvalue weighted by Crippen LogP contribution is -2.42. The lowest BCUT2D eigenvalue weighted by molar-refractivity contribution is -0.204. The maximum absolute atomic E-state index is 11.0. The van der Waals surface area contributed by atoms with E-state index in [1.165, 1.54) is 0 Å². The van der Waals surface area contributed by atoms with Gasteiger partial charge in [-0.3, -0.25) is 0 Å². The molecule has 1 saturated heterocycles. The maximum atomic E-state index is 11.0. The number of hydrogen-bond acceptors (Lipinski definition) is 5. The molecule has 5 nitrogen and oxygen atoms in total. The van der Waals surface area contributed by atoms with Gasteiger partial charge in [0.05, 0.1) is 33.0 Å². The van der Waals surface area contributed by atoms with Crippen LogP contribution in [0.5, 0.6) is 11.5 Å². The second-order valence-corrected chi connectivity index (χ2v) is 5.74. The Labute approximate surface area is 124 Å². The van der Waals surface area contributed by atoms with Crippen LogP contribution < -0.4 is 9.47 Å². The van der Waals surface area contributed by atoms with Crippen LogP contribution in [0.15, 0.2) is 18.2 Å². The second-order valence-electron chi connectivity index (χ2n) is 5.74. The Hall–Kier alpha value is -1.30. The van der Waals surface area contributed by atoms with Crippen LogP contribution in [0.2, 0.25) is 0 Å². The minimum Gasteiger partial charge on any atom is -0.497 e. The van der Waals surface area contributed by atoms with Gasteiger partial charge in [0.25, 0.3) is 0 Å². The van der Waals surface area contributed by atoms with Crippen LogP contribution in [0.4, 0.5) is 0 Å². The van der Waals surface area contributed by atoms with Gasteiger partial charge in [-0.05, 0) is 30.5 Å². The number of rotatable bonds is 3. The van der Waals surface area contributed by atoms with E-state index in [9.17, 15) is 5.11 Å². The summed E-state index contributed by atoms with van der Waals surface area (Å²) in [6.07, 6.45) is 2.60. The molecule has 3 rings (SSSR count). The van der Waals surface area contributed by atoms with Gasteiger partial charge in [0.1, 0.15) is 11.5 Å². The van der Waals surface area contributed by atoms with Crippen LogP contribution in [0.1, 0.15) is 31.2 Å². The minimum absolute atomic E-state index is 0.477. The van der Waals surface area contributed by atoms with Crippen LogP contribution in [-0.2, 0) is 15.1 Å². The first-order valence-electron chi connectivity index (χ1n) is 7.33. The highest BCUT2D eigenvalue weighted by Crippen LogP contribution is 2.46. The van der Waals surface area contributed by atoms with E-state index < -0.39 is 11.4 Å². The van der Waals surface area contributed by atoms with Crippen molar-refractivity contribution >= 4 is 0 Å². The summed E-state index contributed by atoms with van der Waals surface area (Å²) in [5.41, 5.74) is -0.0610. The lowest BCUT2D eigenvalue weighted by atomic mass is 9.77. The smallest absolute Gasteiger partial charge is 0.168 e. The van der Waals surface area contributed by atoms with Crippen LogP contribution in [-0.4, -0.2) is 38.3 Å². The minimum atomic E-state index is -0.887. The summed E-state index contributed by atoms with van der Waals surface area (Å²) < 4.78 is 22.0. The number of benzene rings is 1. The summed E-state index contributed by atoms with van der Waals surface area (Å²) >= 11 is 0. The van der Waals surface area contributed by atoms with E-state index in [-0.39, 0.29) is 0 Å². The Morgan fingerprint density at radius 3 is 1.90 bits per heavy atom. The summed E-state index contributed by atoms with van der Waals surface area (Å²) in [5, 5.41) is 11.0. The summed E-state index contributed by atoms with van der Waals surface area (Å²) in [6, 6.07) is 5.55. The topological polar surface area (TPSA) is 57.2 Å². The van der Waals surface area contributed by atoms with Crippen molar-refractivity contribution in [2.24, 2.45) is 0 Å². The van der Waals surface area contributed by atoms with Crippen molar-refractivity contribution < 1.29 is 24.1 Å². The Morgan fingerprint density at radius 1 is 0.905 bits per heavy atom. The van der Waals surface area contributed by atoms with Crippen molar-refractivity contribution in [1.29, 1.82) is 0 Å². The van der Waals surface area contributed by atoms with E-state index >= 15 is 0 Å². The quantitative estimate of drug-likeness (QED) is 0.926. The summed E-state index contributed by atoms with van der Waals surface area (Å²) in [7, 11) is 3.22. The van der Waals surface area contributed by atoms with Crippen molar-refractivity contribution in [3.63, 3.8) is 0 Å². The summed E-state index contributed by atoms with van der Waals surface area (Å²) in [6.45, 7) is 1.29. The van der Waals surface area contributed by atoms with Gasteiger partial charge in [-0.1, -0.05) is 0 Å². The van der Waals surface area contributed by atoms with Gasteiger partial charge in [0.2, 0.25) is 0 Å². The highest BCUT2D eigenvalue weighted by molar-refractivity contribution is 5.41. The number of aliphatic hydroxyl groups is 1. The molecule has 0 amide bonds. The summed E-state index contributed by atoms with van der Waals surface area (Å²) in [4.78, 5) is 0. The fourth-order valence-electron chi connectivity index (χ4n) is 3.19. The maximum Gasteiger partial charge on any atom is 0.168 e. The molecule has 0 atom stereocenters. The molecular weight excluding hydrogens is 272 g/mol. The molecule has 1 spiro atoms. The fraction of sp³-hybridized carbons (Fsp3) is 0.625. The molecule has 0 unspecified atom stereocenters. The molecule has 1 aliphatic heterocycles. The van der Waals surface area contributed by atoms with Crippen LogP contribution in [0, 0.1) is 0 Å². The molecule has 2 fully saturated rings. The molecule has 0 radical (unpaired) electrons. The molecule has 1 aliphatic carbocycles. The van der Waals surface area contributed by atoms with Gasteiger partial charge in [0.15, 0.2) is 5.79 Å². The molecule has 1 heterocycles. The zero-order chi connectivity index (χ0) is 14.9. The van der Waals surface area contributed by atoms with Crippen molar-refractivity contribution in [3.05, 3.63) is 23.8 Å². The van der Waals surface area contributed by atoms with Crippen molar-refractivity contribution in [2.45, 2.75) is 37.1 Å². The number of hydrogen-bond donors (Lipinski definition) is 1. The molecule has 2 aliphatic rings. The molecule has 0 aromatic heterocycles. The summed E-state index contributed by atoms with van der Waals surface area (Å²) in [5.74, 6) is 0.896. The first-order chi connectivity index (χ1) is 10.1. The zero-order valence-corrected chi connectivity index (χ0v) is 12.6. The second kappa shape index (κ2) is 5.48. The Bertz CT molecular complexity index is 475. The van der Waals surface area contributed by atoms with Gasteiger partial charge in [-0.15, -0.1) is 0 Å². The molecule has 1 aromatic rings. The van der Waals surface area contributed by atoms with Crippen LogP contribution >= 0.6 is 0 Å². The normalized spacial score (nSPS) is 23.2. The molecule has 1 saturated carbocycles. The van der Waals surface area contributed by atoms with E-state index in [1.807, 2.05) is 12.1 Å². The third kappa shape index (κ3) is 2.73. The largest absolute Gasteiger partial charge is 0.497 e. The van der Waals surface area contributed by atoms with Gasteiger partial charge in [-0.25, -0.2) is 0 Å². The Balaban J connectivity index is 1.83. The predicted octanol–water partition coefficient (Wildman–Crippen LogP) is 2.21. The average molecular weight is 294 g/mol. The molecule has 1 aromatic carbocycles. The Kier molecular flexibility index (Phi) is 3.82. The average Bonchev–Trinajstić information content (AvgIpc) is 2.99. The van der Waals surface area contributed by atoms with Crippen molar-refractivity contribution in [3.8, 4) is 11.5 Å². The third-order valence-corrected chi connectivity index (χ3v) is 4.54. The predicted molar refractivity (Wildman–Crippen MR) is 76.5 cm³/mol.